The van der Waals surface area contributed by atoms with Crippen LogP contribution in [-0.4, -0.2) is 21.2 Å². The molecule has 2 aromatic rings. The van der Waals surface area contributed by atoms with E-state index >= 15 is 0 Å². The highest BCUT2D eigenvalue weighted by molar-refractivity contribution is 7.10. The zero-order valence-electron chi connectivity index (χ0n) is 13.3. The smallest absolute Gasteiger partial charge is 0.0638 e. The van der Waals surface area contributed by atoms with Crippen LogP contribution >= 0.6 is 11.3 Å². The van der Waals surface area contributed by atoms with Gasteiger partial charge in [0, 0.05) is 36.3 Å². The van der Waals surface area contributed by atoms with E-state index in [1.165, 1.54) is 49.0 Å². The van der Waals surface area contributed by atoms with Gasteiger partial charge in [-0.3, -0.25) is 9.58 Å². The molecular formula is C17H25N3S. The van der Waals surface area contributed by atoms with Gasteiger partial charge in [0.05, 0.1) is 5.69 Å². The van der Waals surface area contributed by atoms with Crippen molar-refractivity contribution in [1.82, 2.24) is 14.7 Å². The summed E-state index contributed by atoms with van der Waals surface area (Å²) in [6, 6.07) is 2.85. The lowest BCUT2D eigenvalue weighted by Crippen LogP contribution is -2.28. The molecule has 114 valence electrons. The first-order chi connectivity index (χ1) is 10.1. The van der Waals surface area contributed by atoms with Crippen LogP contribution in [0.4, 0.5) is 0 Å². The average molecular weight is 303 g/mol. The van der Waals surface area contributed by atoms with E-state index in [1.54, 1.807) is 4.88 Å². The van der Waals surface area contributed by atoms with Gasteiger partial charge in [0.25, 0.3) is 0 Å². The fourth-order valence-corrected chi connectivity index (χ4v) is 4.50. The van der Waals surface area contributed by atoms with E-state index in [1.807, 2.05) is 23.1 Å². The third-order valence-corrected chi connectivity index (χ3v) is 5.68. The quantitative estimate of drug-likeness (QED) is 0.846. The topological polar surface area (TPSA) is 21.1 Å². The Morgan fingerprint density at radius 2 is 2.14 bits per heavy atom. The average Bonchev–Trinajstić information content (AvgIpc) is 2.90. The van der Waals surface area contributed by atoms with Gasteiger partial charge in [-0.2, -0.15) is 5.10 Å². The summed E-state index contributed by atoms with van der Waals surface area (Å²) in [5.74, 6) is 0. The monoisotopic (exact) mass is 303 g/mol. The number of hydrogen-bond acceptors (Lipinski definition) is 3. The second-order valence-corrected chi connectivity index (χ2v) is 7.16. The van der Waals surface area contributed by atoms with Gasteiger partial charge in [-0.1, -0.05) is 12.8 Å². The van der Waals surface area contributed by atoms with Crippen molar-refractivity contribution >= 4 is 11.3 Å². The molecule has 1 fully saturated rings. The van der Waals surface area contributed by atoms with Crippen molar-refractivity contribution in [3.8, 4) is 0 Å². The maximum absolute atomic E-state index is 4.50. The number of likely N-dealkylation sites (tertiary alicyclic amines) is 1. The van der Waals surface area contributed by atoms with Crippen molar-refractivity contribution < 1.29 is 0 Å². The molecule has 2 aromatic heterocycles. The van der Waals surface area contributed by atoms with Crippen LogP contribution in [0.5, 0.6) is 0 Å². The second kappa shape index (κ2) is 6.32. The molecule has 21 heavy (non-hydrogen) atoms. The summed E-state index contributed by atoms with van der Waals surface area (Å²) in [7, 11) is 2.01. The molecule has 1 aliphatic heterocycles. The lowest BCUT2D eigenvalue weighted by Gasteiger charge is -2.29. The lowest BCUT2D eigenvalue weighted by molar-refractivity contribution is 0.194. The summed E-state index contributed by atoms with van der Waals surface area (Å²) in [4.78, 5) is 4.24. The van der Waals surface area contributed by atoms with E-state index in [2.05, 4.69) is 41.5 Å². The lowest BCUT2D eigenvalue weighted by atomic mass is 10.0. The third-order valence-electron chi connectivity index (χ3n) is 4.56. The fraction of sp³-hybridized carbons (Fsp3) is 0.588. The molecule has 0 unspecified atom stereocenters. The predicted molar refractivity (Wildman–Crippen MR) is 88.6 cm³/mol. The van der Waals surface area contributed by atoms with E-state index < -0.39 is 0 Å². The molecule has 1 aliphatic rings. The van der Waals surface area contributed by atoms with Gasteiger partial charge in [0.2, 0.25) is 0 Å². The molecule has 4 heteroatoms. The van der Waals surface area contributed by atoms with Crippen LogP contribution < -0.4 is 0 Å². The molecule has 0 bridgehead atoms. The standard InChI is InChI=1S/C17H25N3S/c1-13-8-10-21-17(13)16-7-5-4-6-9-20(16)12-15-11-19(3)18-14(15)2/h8,10-11,16H,4-7,9,12H2,1-3H3/t16-/m1/s1. The van der Waals surface area contributed by atoms with E-state index in [4.69, 9.17) is 0 Å². The molecule has 3 rings (SSSR count). The zero-order valence-corrected chi connectivity index (χ0v) is 14.1. The predicted octanol–water partition coefficient (Wildman–Crippen LogP) is 4.22. The van der Waals surface area contributed by atoms with Crippen molar-refractivity contribution in [3.05, 3.63) is 39.3 Å². The van der Waals surface area contributed by atoms with Gasteiger partial charge in [-0.25, -0.2) is 0 Å². The van der Waals surface area contributed by atoms with E-state index in [9.17, 15) is 0 Å². The largest absolute Gasteiger partial charge is 0.291 e. The molecule has 0 N–H and O–H groups in total. The molecule has 3 heterocycles. The number of hydrogen-bond donors (Lipinski definition) is 0. The summed E-state index contributed by atoms with van der Waals surface area (Å²) in [5, 5.41) is 6.74. The molecule has 0 amide bonds. The van der Waals surface area contributed by atoms with Crippen LogP contribution in [0.1, 0.15) is 53.4 Å². The summed E-state index contributed by atoms with van der Waals surface area (Å²) in [5.41, 5.74) is 4.00. The zero-order chi connectivity index (χ0) is 14.8. The highest BCUT2D eigenvalue weighted by Crippen LogP contribution is 2.36. The Hall–Kier alpha value is -1.13. The number of nitrogens with zero attached hydrogens (tertiary/aromatic N) is 3. The Morgan fingerprint density at radius 3 is 2.81 bits per heavy atom. The Labute approximate surface area is 131 Å². The first kappa shape index (κ1) is 14.8. The number of aryl methyl sites for hydroxylation is 3. The minimum atomic E-state index is 0.590. The molecule has 0 aliphatic carbocycles. The molecule has 0 aromatic carbocycles. The highest BCUT2D eigenvalue weighted by Gasteiger charge is 2.25. The van der Waals surface area contributed by atoms with Crippen molar-refractivity contribution in [2.24, 2.45) is 7.05 Å². The first-order valence-electron chi connectivity index (χ1n) is 7.92. The van der Waals surface area contributed by atoms with E-state index in [0.717, 1.165) is 6.54 Å². The van der Waals surface area contributed by atoms with Crippen molar-refractivity contribution in [3.63, 3.8) is 0 Å². The van der Waals surface area contributed by atoms with Gasteiger partial charge in [-0.05, 0) is 50.2 Å². The van der Waals surface area contributed by atoms with Gasteiger partial charge < -0.3 is 0 Å². The molecule has 0 saturated carbocycles. The normalized spacial score (nSPS) is 20.6. The molecular weight excluding hydrogens is 278 g/mol. The summed E-state index contributed by atoms with van der Waals surface area (Å²) < 4.78 is 1.94. The molecule has 1 saturated heterocycles. The maximum Gasteiger partial charge on any atom is 0.0638 e. The Balaban J connectivity index is 1.85. The van der Waals surface area contributed by atoms with Gasteiger partial charge in [-0.15, -0.1) is 11.3 Å². The summed E-state index contributed by atoms with van der Waals surface area (Å²) >= 11 is 1.93. The summed E-state index contributed by atoms with van der Waals surface area (Å²) in [6.07, 6.45) is 7.51. The van der Waals surface area contributed by atoms with Crippen molar-refractivity contribution in [2.45, 2.75) is 52.1 Å². The van der Waals surface area contributed by atoms with Crippen LogP contribution in [0.15, 0.2) is 17.6 Å². The van der Waals surface area contributed by atoms with Crippen LogP contribution in [0.2, 0.25) is 0 Å². The highest BCUT2D eigenvalue weighted by atomic mass is 32.1. The number of rotatable bonds is 3. The minimum Gasteiger partial charge on any atom is -0.291 e. The van der Waals surface area contributed by atoms with Gasteiger partial charge >= 0.3 is 0 Å². The molecule has 3 nitrogen and oxygen atoms in total. The minimum absolute atomic E-state index is 0.590. The first-order valence-corrected chi connectivity index (χ1v) is 8.80. The van der Waals surface area contributed by atoms with Gasteiger partial charge in [0.15, 0.2) is 0 Å². The number of thiophene rings is 1. The molecule has 0 radical (unpaired) electrons. The van der Waals surface area contributed by atoms with Crippen LogP contribution in [0.25, 0.3) is 0 Å². The fourth-order valence-electron chi connectivity index (χ4n) is 3.40. The van der Waals surface area contributed by atoms with Crippen LogP contribution in [0.3, 0.4) is 0 Å². The Bertz CT molecular complexity index is 599. The maximum atomic E-state index is 4.50. The van der Waals surface area contributed by atoms with Crippen LogP contribution in [0, 0.1) is 13.8 Å². The Morgan fingerprint density at radius 1 is 1.29 bits per heavy atom. The Kier molecular flexibility index (Phi) is 4.45. The van der Waals surface area contributed by atoms with Crippen LogP contribution in [-0.2, 0) is 13.6 Å². The van der Waals surface area contributed by atoms with Crippen molar-refractivity contribution in [1.29, 1.82) is 0 Å². The number of aromatic nitrogens is 2. The van der Waals surface area contributed by atoms with E-state index in [-0.39, 0.29) is 0 Å². The molecule has 1 atom stereocenters. The SMILES string of the molecule is Cc1ccsc1[C@H]1CCCCCN1Cc1cn(C)nc1C. The third kappa shape index (κ3) is 3.22. The van der Waals surface area contributed by atoms with E-state index in [0.29, 0.717) is 6.04 Å². The summed E-state index contributed by atoms with van der Waals surface area (Å²) in [6.45, 7) is 6.61. The second-order valence-electron chi connectivity index (χ2n) is 6.22. The molecule has 0 spiro atoms. The van der Waals surface area contributed by atoms with Gasteiger partial charge in [0.1, 0.15) is 0 Å². The van der Waals surface area contributed by atoms with Crippen molar-refractivity contribution in [2.75, 3.05) is 6.54 Å².